The summed E-state index contributed by atoms with van der Waals surface area (Å²) in [5.74, 6) is -1.21. The van der Waals surface area contributed by atoms with Gasteiger partial charge in [-0.3, -0.25) is 9.59 Å². The van der Waals surface area contributed by atoms with Gasteiger partial charge in [-0.15, -0.1) is 0 Å². The number of nitrogens with one attached hydrogen (secondary N) is 1. The van der Waals surface area contributed by atoms with E-state index in [1.807, 2.05) is 13.8 Å². The highest BCUT2D eigenvalue weighted by Gasteiger charge is 2.10. The number of carboxylic acids is 1. The van der Waals surface area contributed by atoms with Crippen molar-refractivity contribution in [1.82, 2.24) is 5.32 Å². The maximum atomic E-state index is 11.1. The van der Waals surface area contributed by atoms with E-state index in [0.29, 0.717) is 0 Å². The Balaban J connectivity index is 3.66. The van der Waals surface area contributed by atoms with Crippen molar-refractivity contribution in [2.45, 2.75) is 39.3 Å². The lowest BCUT2D eigenvalue weighted by Gasteiger charge is -2.12. The Morgan fingerprint density at radius 1 is 1.36 bits per heavy atom. The zero-order valence-electron chi connectivity index (χ0n) is 8.74. The van der Waals surface area contributed by atoms with E-state index in [0.717, 1.165) is 0 Å². The van der Waals surface area contributed by atoms with Crippen LogP contribution >= 0.6 is 0 Å². The topological polar surface area (TPSA) is 75.6 Å². The first kappa shape index (κ1) is 12.9. The number of aliphatic carboxylic acids is 1. The van der Waals surface area contributed by atoms with Gasteiger partial charge in [-0.1, -0.05) is 0 Å². The van der Waals surface area contributed by atoms with Gasteiger partial charge in [-0.25, -0.2) is 0 Å². The van der Waals surface area contributed by atoms with Gasteiger partial charge in [-0.2, -0.15) is 0 Å². The van der Waals surface area contributed by atoms with Crippen molar-refractivity contribution >= 4 is 11.9 Å². The molecule has 2 N–H and O–H groups in total. The summed E-state index contributed by atoms with van der Waals surface area (Å²) in [5.41, 5.74) is 0. The lowest BCUT2D eigenvalue weighted by molar-refractivity contribution is -0.137. The van der Waals surface area contributed by atoms with Crippen molar-refractivity contribution in [3.8, 4) is 0 Å². The highest BCUT2D eigenvalue weighted by molar-refractivity contribution is 5.78. The minimum atomic E-state index is -0.928. The summed E-state index contributed by atoms with van der Waals surface area (Å²) in [5, 5.41) is 11.0. The predicted molar refractivity (Wildman–Crippen MR) is 50.9 cm³/mol. The van der Waals surface area contributed by atoms with Crippen LogP contribution in [-0.2, 0) is 14.3 Å². The predicted octanol–water partition coefficient (Wildman–Crippen LogP) is 0.391. The fraction of sp³-hybridized carbons (Fsp3) is 0.778. The molecule has 0 saturated heterocycles. The molecule has 1 atom stereocenters. The Bertz CT molecular complexity index is 203. The lowest BCUT2D eigenvalue weighted by Crippen LogP contribution is -2.37. The third-order valence-corrected chi connectivity index (χ3v) is 1.44. The monoisotopic (exact) mass is 203 g/mol. The summed E-state index contributed by atoms with van der Waals surface area (Å²) in [6.07, 6.45) is -0.0801. The van der Waals surface area contributed by atoms with Crippen molar-refractivity contribution in [3.63, 3.8) is 0 Å². The summed E-state index contributed by atoms with van der Waals surface area (Å²) >= 11 is 0. The fourth-order valence-corrected chi connectivity index (χ4v) is 0.872. The zero-order valence-corrected chi connectivity index (χ0v) is 8.74. The molecule has 0 radical (unpaired) electrons. The number of carbonyl (C=O) groups is 2. The fourth-order valence-electron chi connectivity index (χ4n) is 0.872. The molecule has 0 aromatic rings. The van der Waals surface area contributed by atoms with Gasteiger partial charge in [0.05, 0.1) is 12.5 Å². The number of hydrogen-bond donors (Lipinski definition) is 2. The lowest BCUT2D eigenvalue weighted by atomic mass is 10.2. The SMILES string of the molecule is CC(CC(=O)O)NC(=O)COC(C)C. The van der Waals surface area contributed by atoms with Crippen molar-refractivity contribution in [2.24, 2.45) is 0 Å². The summed E-state index contributed by atoms with van der Waals surface area (Å²) in [6.45, 7) is 5.27. The molecule has 0 spiro atoms. The Morgan fingerprint density at radius 3 is 2.36 bits per heavy atom. The molecule has 0 bridgehead atoms. The molecule has 0 aromatic carbocycles. The molecule has 0 aliphatic rings. The third-order valence-electron chi connectivity index (χ3n) is 1.44. The van der Waals surface area contributed by atoms with Crippen molar-refractivity contribution in [3.05, 3.63) is 0 Å². The Labute approximate surface area is 83.4 Å². The van der Waals surface area contributed by atoms with Crippen LogP contribution in [0.2, 0.25) is 0 Å². The van der Waals surface area contributed by atoms with Crippen molar-refractivity contribution in [1.29, 1.82) is 0 Å². The van der Waals surface area contributed by atoms with Gasteiger partial charge in [0.25, 0.3) is 0 Å². The van der Waals surface area contributed by atoms with E-state index in [2.05, 4.69) is 5.32 Å². The van der Waals surface area contributed by atoms with Crippen LogP contribution < -0.4 is 5.32 Å². The van der Waals surface area contributed by atoms with E-state index >= 15 is 0 Å². The van der Waals surface area contributed by atoms with E-state index in [9.17, 15) is 9.59 Å². The molecular weight excluding hydrogens is 186 g/mol. The van der Waals surface area contributed by atoms with E-state index in [4.69, 9.17) is 9.84 Å². The molecule has 5 heteroatoms. The standard InChI is InChI=1S/C9H17NO4/c1-6(2)14-5-8(11)10-7(3)4-9(12)13/h6-7H,4-5H2,1-3H3,(H,10,11)(H,12,13). The Hall–Kier alpha value is -1.10. The van der Waals surface area contributed by atoms with Crippen LogP contribution in [-0.4, -0.2) is 35.7 Å². The van der Waals surface area contributed by atoms with E-state index in [-0.39, 0.29) is 31.1 Å². The summed E-state index contributed by atoms with van der Waals surface area (Å²) in [6, 6.07) is -0.365. The number of amides is 1. The first-order valence-corrected chi connectivity index (χ1v) is 4.54. The smallest absolute Gasteiger partial charge is 0.305 e. The normalized spacial score (nSPS) is 12.6. The molecule has 0 rings (SSSR count). The van der Waals surface area contributed by atoms with Crippen LogP contribution in [0.3, 0.4) is 0 Å². The highest BCUT2D eigenvalue weighted by atomic mass is 16.5. The molecule has 0 aliphatic carbocycles. The number of carbonyl (C=O) groups excluding carboxylic acids is 1. The minimum absolute atomic E-state index is 0.00414. The van der Waals surface area contributed by atoms with Crippen LogP contribution in [0.15, 0.2) is 0 Å². The quantitative estimate of drug-likeness (QED) is 0.654. The van der Waals surface area contributed by atoms with E-state index in [1.165, 1.54) is 0 Å². The van der Waals surface area contributed by atoms with Crippen molar-refractivity contribution < 1.29 is 19.4 Å². The maximum Gasteiger partial charge on any atom is 0.305 e. The molecule has 0 heterocycles. The molecule has 1 amide bonds. The molecule has 5 nitrogen and oxygen atoms in total. The molecule has 14 heavy (non-hydrogen) atoms. The van der Waals surface area contributed by atoms with Gasteiger partial charge >= 0.3 is 5.97 Å². The maximum absolute atomic E-state index is 11.1. The summed E-state index contributed by atoms with van der Waals surface area (Å²) in [4.78, 5) is 21.4. The molecule has 0 saturated carbocycles. The van der Waals surface area contributed by atoms with Crippen LogP contribution in [0.25, 0.3) is 0 Å². The van der Waals surface area contributed by atoms with Gasteiger partial charge in [-0.05, 0) is 20.8 Å². The van der Waals surface area contributed by atoms with Gasteiger partial charge in [0, 0.05) is 6.04 Å². The van der Waals surface area contributed by atoms with Gasteiger partial charge in [0.2, 0.25) is 5.91 Å². The van der Waals surface area contributed by atoms with Crippen molar-refractivity contribution in [2.75, 3.05) is 6.61 Å². The second-order valence-electron chi connectivity index (χ2n) is 3.43. The molecule has 0 fully saturated rings. The molecule has 0 aliphatic heterocycles. The average molecular weight is 203 g/mol. The van der Waals surface area contributed by atoms with Crippen LogP contribution in [0, 0.1) is 0 Å². The average Bonchev–Trinajstić information content (AvgIpc) is 1.98. The first-order chi connectivity index (χ1) is 6.41. The largest absolute Gasteiger partial charge is 0.481 e. The molecule has 0 aromatic heterocycles. The minimum Gasteiger partial charge on any atom is -0.481 e. The van der Waals surface area contributed by atoms with Crippen LogP contribution in [0.4, 0.5) is 0 Å². The van der Waals surface area contributed by atoms with E-state index in [1.54, 1.807) is 6.92 Å². The summed E-state index contributed by atoms with van der Waals surface area (Å²) < 4.78 is 5.05. The third kappa shape index (κ3) is 7.54. The van der Waals surface area contributed by atoms with Crippen LogP contribution in [0.5, 0.6) is 0 Å². The van der Waals surface area contributed by atoms with Crippen LogP contribution in [0.1, 0.15) is 27.2 Å². The van der Waals surface area contributed by atoms with E-state index < -0.39 is 5.97 Å². The second kappa shape index (κ2) is 6.37. The van der Waals surface area contributed by atoms with Gasteiger partial charge in [0.1, 0.15) is 6.61 Å². The zero-order chi connectivity index (χ0) is 11.1. The Kier molecular flexibility index (Phi) is 5.87. The number of hydrogen-bond acceptors (Lipinski definition) is 3. The van der Waals surface area contributed by atoms with Gasteiger partial charge < -0.3 is 15.2 Å². The van der Waals surface area contributed by atoms with Gasteiger partial charge in [0.15, 0.2) is 0 Å². The summed E-state index contributed by atoms with van der Waals surface area (Å²) in [7, 11) is 0. The number of ether oxygens (including phenoxy) is 1. The molecule has 1 unspecified atom stereocenters. The molecule has 82 valence electrons. The second-order valence-corrected chi connectivity index (χ2v) is 3.43. The Morgan fingerprint density at radius 2 is 1.93 bits per heavy atom. The first-order valence-electron chi connectivity index (χ1n) is 4.54. The molecular formula is C9H17NO4. The highest BCUT2D eigenvalue weighted by Crippen LogP contribution is 1.91. The number of rotatable bonds is 6. The number of carboxylic acid groups (broad SMARTS) is 1.